The highest BCUT2D eigenvalue weighted by Crippen LogP contribution is 2.57. The van der Waals surface area contributed by atoms with Crippen LogP contribution in [0.4, 0.5) is 0 Å². The molecule has 0 heterocycles. The quantitative estimate of drug-likeness (QED) is 0.744. The third-order valence-corrected chi connectivity index (χ3v) is 6.06. The predicted molar refractivity (Wildman–Crippen MR) is 89.1 cm³/mol. The van der Waals surface area contributed by atoms with Crippen molar-refractivity contribution >= 4 is 11.9 Å². The second-order valence-corrected chi connectivity index (χ2v) is 7.50. The number of carbonyl (C=O) groups is 2. The van der Waals surface area contributed by atoms with Crippen LogP contribution in [0.15, 0.2) is 0 Å². The standard InChI is InChI=1S/C18H31NO5/c1-11(23-10-15(19)17(21)22-4)13-7-8-14-16(24-12(2)20)6-5-9-18(13,14)3/h11,13-16H,5-10,19H2,1-4H3/t11-,13?,14?,15+,16?,18?/m1/s1. The van der Waals surface area contributed by atoms with Gasteiger partial charge >= 0.3 is 11.9 Å². The van der Waals surface area contributed by atoms with Gasteiger partial charge in [-0.25, -0.2) is 0 Å². The van der Waals surface area contributed by atoms with Gasteiger partial charge in [0.1, 0.15) is 12.1 Å². The number of hydrogen-bond donors (Lipinski definition) is 1. The summed E-state index contributed by atoms with van der Waals surface area (Å²) in [6, 6.07) is -0.748. The van der Waals surface area contributed by atoms with E-state index in [1.165, 1.54) is 14.0 Å². The highest BCUT2D eigenvalue weighted by Gasteiger charge is 2.54. The molecule has 6 heteroatoms. The fourth-order valence-electron chi connectivity index (χ4n) is 4.88. The molecule has 2 N–H and O–H groups in total. The van der Waals surface area contributed by atoms with Crippen LogP contribution >= 0.6 is 0 Å². The van der Waals surface area contributed by atoms with Gasteiger partial charge in [-0.2, -0.15) is 0 Å². The van der Waals surface area contributed by atoms with E-state index in [2.05, 4.69) is 18.6 Å². The normalized spacial score (nSPS) is 35.0. The van der Waals surface area contributed by atoms with Crippen LogP contribution in [0.3, 0.4) is 0 Å². The van der Waals surface area contributed by atoms with Crippen LogP contribution in [0, 0.1) is 17.3 Å². The third-order valence-electron chi connectivity index (χ3n) is 6.06. The molecular weight excluding hydrogens is 310 g/mol. The molecular formula is C18H31NO5. The molecule has 2 aliphatic carbocycles. The van der Waals surface area contributed by atoms with E-state index in [4.69, 9.17) is 15.2 Å². The molecule has 0 amide bonds. The van der Waals surface area contributed by atoms with Crippen molar-refractivity contribution in [3.8, 4) is 0 Å². The van der Waals surface area contributed by atoms with Crippen molar-refractivity contribution < 1.29 is 23.8 Å². The van der Waals surface area contributed by atoms with E-state index in [0.717, 1.165) is 32.1 Å². The fourth-order valence-corrected chi connectivity index (χ4v) is 4.88. The van der Waals surface area contributed by atoms with E-state index in [1.807, 2.05) is 0 Å². The maximum atomic E-state index is 11.4. The Morgan fingerprint density at radius 2 is 2.00 bits per heavy atom. The van der Waals surface area contributed by atoms with Gasteiger partial charge in [-0.05, 0) is 50.4 Å². The van der Waals surface area contributed by atoms with Crippen molar-refractivity contribution in [1.82, 2.24) is 0 Å². The Labute approximate surface area is 144 Å². The Kier molecular flexibility index (Phi) is 6.26. The van der Waals surface area contributed by atoms with Crippen molar-refractivity contribution in [3.05, 3.63) is 0 Å². The molecule has 0 saturated heterocycles. The summed E-state index contributed by atoms with van der Waals surface area (Å²) in [4.78, 5) is 22.8. The van der Waals surface area contributed by atoms with Crippen molar-refractivity contribution in [2.24, 2.45) is 23.0 Å². The highest BCUT2D eigenvalue weighted by molar-refractivity contribution is 5.75. The first-order valence-corrected chi connectivity index (χ1v) is 8.91. The topological polar surface area (TPSA) is 87.8 Å². The van der Waals surface area contributed by atoms with Crippen LogP contribution in [0.1, 0.15) is 52.9 Å². The van der Waals surface area contributed by atoms with Crippen LogP contribution in [0.25, 0.3) is 0 Å². The molecule has 0 aliphatic heterocycles. The van der Waals surface area contributed by atoms with Crippen LogP contribution < -0.4 is 5.73 Å². The number of ether oxygens (including phenoxy) is 3. The van der Waals surface area contributed by atoms with Crippen LogP contribution in [0.5, 0.6) is 0 Å². The lowest BCUT2D eigenvalue weighted by molar-refractivity contribution is -0.156. The fraction of sp³-hybridized carbons (Fsp3) is 0.889. The lowest BCUT2D eigenvalue weighted by atomic mass is 9.63. The van der Waals surface area contributed by atoms with Crippen molar-refractivity contribution in [1.29, 1.82) is 0 Å². The van der Waals surface area contributed by atoms with Gasteiger partial charge < -0.3 is 19.9 Å². The highest BCUT2D eigenvalue weighted by atomic mass is 16.5. The number of fused-ring (bicyclic) bond motifs is 1. The number of esters is 2. The zero-order valence-corrected chi connectivity index (χ0v) is 15.2. The Morgan fingerprint density at radius 3 is 2.62 bits per heavy atom. The molecule has 24 heavy (non-hydrogen) atoms. The van der Waals surface area contributed by atoms with Crippen LogP contribution in [-0.4, -0.2) is 43.9 Å². The van der Waals surface area contributed by atoms with Gasteiger partial charge in [0.25, 0.3) is 0 Å². The van der Waals surface area contributed by atoms with Crippen LogP contribution in [-0.2, 0) is 23.8 Å². The van der Waals surface area contributed by atoms with Crippen molar-refractivity contribution in [2.75, 3.05) is 13.7 Å². The Balaban J connectivity index is 1.99. The van der Waals surface area contributed by atoms with Gasteiger partial charge in [-0.15, -0.1) is 0 Å². The number of rotatable bonds is 6. The van der Waals surface area contributed by atoms with Gasteiger partial charge in [0, 0.05) is 12.8 Å². The maximum absolute atomic E-state index is 11.4. The van der Waals surface area contributed by atoms with Gasteiger partial charge in [0.05, 0.1) is 19.8 Å². The molecule has 6 atom stereocenters. The summed E-state index contributed by atoms with van der Waals surface area (Å²) in [6.07, 6.45) is 5.27. The zero-order valence-electron chi connectivity index (χ0n) is 15.2. The molecule has 0 aromatic carbocycles. The summed E-state index contributed by atoms with van der Waals surface area (Å²) >= 11 is 0. The van der Waals surface area contributed by atoms with E-state index in [0.29, 0.717) is 11.8 Å². The molecule has 6 nitrogen and oxygen atoms in total. The summed E-state index contributed by atoms with van der Waals surface area (Å²) < 4.78 is 16.1. The predicted octanol–water partition coefficient (Wildman–Crippen LogP) is 2.04. The molecule has 0 spiro atoms. The zero-order chi connectivity index (χ0) is 17.9. The smallest absolute Gasteiger partial charge is 0.325 e. The van der Waals surface area contributed by atoms with Gasteiger partial charge in [0.2, 0.25) is 0 Å². The maximum Gasteiger partial charge on any atom is 0.325 e. The van der Waals surface area contributed by atoms with E-state index in [1.54, 1.807) is 0 Å². The average Bonchev–Trinajstić information content (AvgIpc) is 2.89. The number of carbonyl (C=O) groups excluding carboxylic acids is 2. The SMILES string of the molecule is COC(=O)[C@@H](N)CO[C@H](C)C1CCC2C(OC(C)=O)CCCC21C. The molecule has 2 aliphatic rings. The third kappa shape index (κ3) is 3.91. The van der Waals surface area contributed by atoms with Crippen LogP contribution in [0.2, 0.25) is 0 Å². The number of hydrogen-bond acceptors (Lipinski definition) is 6. The Morgan fingerprint density at radius 1 is 1.29 bits per heavy atom. The molecule has 0 bridgehead atoms. The van der Waals surface area contributed by atoms with E-state index in [9.17, 15) is 9.59 Å². The van der Waals surface area contributed by atoms with Crippen molar-refractivity contribution in [3.63, 3.8) is 0 Å². The second kappa shape index (κ2) is 7.83. The van der Waals surface area contributed by atoms with Gasteiger partial charge in [0.15, 0.2) is 0 Å². The number of methoxy groups -OCH3 is 1. The van der Waals surface area contributed by atoms with E-state index in [-0.39, 0.29) is 30.2 Å². The average molecular weight is 341 g/mol. The lowest BCUT2D eigenvalue weighted by Crippen LogP contribution is -2.45. The molecule has 0 aromatic heterocycles. The summed E-state index contributed by atoms with van der Waals surface area (Å²) in [5.41, 5.74) is 5.86. The molecule has 2 rings (SSSR count). The molecule has 4 unspecified atom stereocenters. The number of nitrogens with two attached hydrogens (primary N) is 1. The largest absolute Gasteiger partial charge is 0.468 e. The summed E-state index contributed by atoms with van der Waals surface area (Å²) in [6.45, 7) is 6.00. The minimum Gasteiger partial charge on any atom is -0.468 e. The Bertz CT molecular complexity index is 468. The molecule has 2 fully saturated rings. The first kappa shape index (κ1) is 19.2. The first-order valence-electron chi connectivity index (χ1n) is 8.91. The Hall–Kier alpha value is -1.14. The molecule has 138 valence electrons. The molecule has 0 radical (unpaired) electrons. The molecule has 2 saturated carbocycles. The van der Waals surface area contributed by atoms with Gasteiger partial charge in [-0.1, -0.05) is 6.92 Å². The minimum atomic E-state index is -0.748. The van der Waals surface area contributed by atoms with Gasteiger partial charge in [-0.3, -0.25) is 9.59 Å². The molecule has 0 aromatic rings. The summed E-state index contributed by atoms with van der Waals surface area (Å²) in [5, 5.41) is 0. The second-order valence-electron chi connectivity index (χ2n) is 7.50. The van der Waals surface area contributed by atoms with Crippen molar-refractivity contribution in [2.45, 2.75) is 71.1 Å². The lowest BCUT2D eigenvalue weighted by Gasteiger charge is -2.45. The monoisotopic (exact) mass is 341 g/mol. The van der Waals surface area contributed by atoms with E-state index >= 15 is 0 Å². The minimum absolute atomic E-state index is 0.00628. The summed E-state index contributed by atoms with van der Waals surface area (Å²) in [5.74, 6) is 0.123. The summed E-state index contributed by atoms with van der Waals surface area (Å²) in [7, 11) is 1.32. The first-order chi connectivity index (χ1) is 11.3. The van der Waals surface area contributed by atoms with E-state index < -0.39 is 12.0 Å².